The van der Waals surface area contributed by atoms with E-state index in [-0.39, 0.29) is 0 Å². The van der Waals surface area contributed by atoms with E-state index in [1.165, 1.54) is 66.8 Å². The van der Waals surface area contributed by atoms with Crippen LogP contribution in [0.2, 0.25) is 0 Å². The van der Waals surface area contributed by atoms with Crippen molar-refractivity contribution in [2.45, 2.75) is 34.1 Å². The van der Waals surface area contributed by atoms with Gasteiger partial charge in [-0.1, -0.05) is 78.4 Å². The van der Waals surface area contributed by atoms with E-state index in [0.29, 0.717) is 0 Å². The van der Waals surface area contributed by atoms with Crippen molar-refractivity contribution < 1.29 is 0 Å². The molecule has 0 aliphatic heterocycles. The van der Waals surface area contributed by atoms with Gasteiger partial charge in [0.15, 0.2) is 0 Å². The van der Waals surface area contributed by atoms with E-state index < -0.39 is 0 Å². The Balaban J connectivity index is 1.57. The Kier molecular flexibility index (Phi) is 4.17. The molecular formula is C29H26. The normalized spacial score (nSPS) is 12.0. The first kappa shape index (κ1) is 17.9. The molecule has 0 nitrogen and oxygen atoms in total. The van der Waals surface area contributed by atoms with Crippen molar-refractivity contribution in [1.82, 2.24) is 0 Å². The molecule has 5 rings (SSSR count). The van der Waals surface area contributed by atoms with Crippen molar-refractivity contribution in [2.75, 3.05) is 0 Å². The van der Waals surface area contributed by atoms with Gasteiger partial charge < -0.3 is 0 Å². The zero-order chi connectivity index (χ0) is 20.1. The summed E-state index contributed by atoms with van der Waals surface area (Å²) in [4.78, 5) is 0. The molecule has 0 amide bonds. The summed E-state index contributed by atoms with van der Waals surface area (Å²) >= 11 is 0. The second-order valence-electron chi connectivity index (χ2n) is 8.51. The minimum absolute atomic E-state index is 1.02. The third-order valence-corrected chi connectivity index (χ3v) is 6.36. The molecule has 29 heavy (non-hydrogen) atoms. The van der Waals surface area contributed by atoms with Gasteiger partial charge in [-0.15, -0.1) is 0 Å². The highest BCUT2D eigenvalue weighted by Gasteiger charge is 2.20. The number of hydrogen-bond acceptors (Lipinski definition) is 0. The molecule has 0 unspecified atom stereocenters. The maximum absolute atomic E-state index is 2.41. The van der Waals surface area contributed by atoms with Gasteiger partial charge in [-0.2, -0.15) is 0 Å². The highest BCUT2D eigenvalue weighted by Crippen LogP contribution is 2.41. The van der Waals surface area contributed by atoms with E-state index in [1.54, 1.807) is 0 Å². The maximum Gasteiger partial charge on any atom is -0.00130 e. The first-order chi connectivity index (χ1) is 14.0. The Morgan fingerprint density at radius 2 is 1.14 bits per heavy atom. The maximum atomic E-state index is 2.41. The van der Waals surface area contributed by atoms with Crippen LogP contribution in [0.4, 0.5) is 0 Å². The second-order valence-corrected chi connectivity index (χ2v) is 8.51. The first-order valence-electron chi connectivity index (χ1n) is 10.4. The van der Waals surface area contributed by atoms with Crippen LogP contribution in [0.1, 0.15) is 33.4 Å². The highest BCUT2D eigenvalue weighted by molar-refractivity contribution is 5.84. The van der Waals surface area contributed by atoms with Crippen LogP contribution >= 0.6 is 0 Å². The number of aryl methyl sites for hydroxylation is 4. The Hall–Kier alpha value is -3.12. The second kappa shape index (κ2) is 6.74. The summed E-state index contributed by atoms with van der Waals surface area (Å²) in [6.45, 7) is 8.79. The molecule has 4 aromatic carbocycles. The summed E-state index contributed by atoms with van der Waals surface area (Å²) in [5, 5.41) is 0. The van der Waals surface area contributed by atoms with Crippen molar-refractivity contribution in [3.05, 3.63) is 106 Å². The van der Waals surface area contributed by atoms with Gasteiger partial charge in [0.05, 0.1) is 0 Å². The van der Waals surface area contributed by atoms with Crippen LogP contribution in [0.15, 0.2) is 72.8 Å². The van der Waals surface area contributed by atoms with Gasteiger partial charge in [-0.05, 0) is 95.3 Å². The molecule has 142 valence electrons. The summed E-state index contributed by atoms with van der Waals surface area (Å²) in [6.07, 6.45) is 1.02. The molecule has 0 aromatic heterocycles. The summed E-state index contributed by atoms with van der Waals surface area (Å²) in [7, 11) is 0. The topological polar surface area (TPSA) is 0 Å². The molecule has 0 heterocycles. The van der Waals surface area contributed by atoms with Crippen molar-refractivity contribution in [2.24, 2.45) is 0 Å². The van der Waals surface area contributed by atoms with Crippen molar-refractivity contribution in [1.29, 1.82) is 0 Å². The lowest BCUT2D eigenvalue weighted by atomic mass is 9.93. The molecule has 0 saturated heterocycles. The lowest BCUT2D eigenvalue weighted by Gasteiger charge is -2.12. The average molecular weight is 375 g/mol. The third-order valence-electron chi connectivity index (χ3n) is 6.36. The summed E-state index contributed by atoms with van der Waals surface area (Å²) in [6, 6.07) is 27.3. The van der Waals surface area contributed by atoms with Crippen LogP contribution in [0.3, 0.4) is 0 Å². The van der Waals surface area contributed by atoms with Crippen LogP contribution in [-0.4, -0.2) is 0 Å². The molecule has 0 atom stereocenters. The molecule has 0 fully saturated rings. The van der Waals surface area contributed by atoms with Crippen LogP contribution in [0, 0.1) is 27.7 Å². The SMILES string of the molecule is Cc1ccc(C)c(-c2ccc3c(c2)Cc2cc(-c4c(C)cccc4C)ccc2-3)c1. The molecule has 1 aliphatic carbocycles. The molecule has 0 heteroatoms. The van der Waals surface area contributed by atoms with E-state index in [0.717, 1.165) is 6.42 Å². The highest BCUT2D eigenvalue weighted by atomic mass is 14.2. The number of rotatable bonds is 2. The van der Waals surface area contributed by atoms with E-state index >= 15 is 0 Å². The van der Waals surface area contributed by atoms with Crippen molar-refractivity contribution >= 4 is 0 Å². The Morgan fingerprint density at radius 1 is 0.517 bits per heavy atom. The lowest BCUT2D eigenvalue weighted by molar-refractivity contribution is 1.26. The molecular weight excluding hydrogens is 348 g/mol. The molecule has 0 radical (unpaired) electrons. The predicted molar refractivity (Wildman–Crippen MR) is 125 cm³/mol. The minimum atomic E-state index is 1.02. The van der Waals surface area contributed by atoms with Crippen molar-refractivity contribution in [3.8, 4) is 33.4 Å². The number of benzene rings is 4. The molecule has 4 aromatic rings. The standard InChI is InChI=1S/C29H26/c1-18-8-9-19(2)28(14-18)22-10-12-26-24(15-22)17-25-16-23(11-13-27(25)26)29-20(3)6-5-7-21(29)4/h5-16H,17H2,1-4H3. The fourth-order valence-electron chi connectivity index (χ4n) is 4.85. The van der Waals surface area contributed by atoms with Crippen LogP contribution in [-0.2, 0) is 6.42 Å². The lowest BCUT2D eigenvalue weighted by Crippen LogP contribution is -1.89. The molecule has 0 spiro atoms. The Morgan fingerprint density at radius 3 is 1.83 bits per heavy atom. The van der Waals surface area contributed by atoms with Gasteiger partial charge in [0.25, 0.3) is 0 Å². The van der Waals surface area contributed by atoms with Crippen LogP contribution in [0.25, 0.3) is 33.4 Å². The Labute approximate surface area is 173 Å². The quantitative estimate of drug-likeness (QED) is 0.295. The fraction of sp³-hybridized carbons (Fsp3) is 0.172. The van der Waals surface area contributed by atoms with E-state index in [1.807, 2.05) is 0 Å². The zero-order valence-electron chi connectivity index (χ0n) is 17.6. The molecule has 0 saturated carbocycles. The largest absolute Gasteiger partial charge is 0.0617 e. The van der Waals surface area contributed by atoms with Gasteiger partial charge in [0.1, 0.15) is 0 Å². The first-order valence-corrected chi connectivity index (χ1v) is 10.4. The summed E-state index contributed by atoms with van der Waals surface area (Å²) < 4.78 is 0. The van der Waals surface area contributed by atoms with Gasteiger partial charge in [0, 0.05) is 0 Å². The van der Waals surface area contributed by atoms with E-state index in [9.17, 15) is 0 Å². The molecule has 1 aliphatic rings. The smallest absolute Gasteiger partial charge is 0.00130 e. The average Bonchev–Trinajstić information content (AvgIpc) is 3.06. The monoisotopic (exact) mass is 374 g/mol. The van der Waals surface area contributed by atoms with Gasteiger partial charge in [0.2, 0.25) is 0 Å². The zero-order valence-corrected chi connectivity index (χ0v) is 17.6. The van der Waals surface area contributed by atoms with Crippen LogP contribution in [0.5, 0.6) is 0 Å². The van der Waals surface area contributed by atoms with E-state index in [4.69, 9.17) is 0 Å². The van der Waals surface area contributed by atoms with Gasteiger partial charge >= 0.3 is 0 Å². The van der Waals surface area contributed by atoms with E-state index in [2.05, 4.69) is 100 Å². The Bertz CT molecular complexity index is 1240. The molecule has 0 N–H and O–H groups in total. The predicted octanol–water partition coefficient (Wildman–Crippen LogP) is 7.83. The summed E-state index contributed by atoms with van der Waals surface area (Å²) in [5.41, 5.74) is 16.4. The molecule has 0 bridgehead atoms. The number of fused-ring (bicyclic) bond motifs is 3. The van der Waals surface area contributed by atoms with Crippen LogP contribution < -0.4 is 0 Å². The fourth-order valence-corrected chi connectivity index (χ4v) is 4.85. The number of hydrogen-bond donors (Lipinski definition) is 0. The van der Waals surface area contributed by atoms with Gasteiger partial charge in [-0.25, -0.2) is 0 Å². The van der Waals surface area contributed by atoms with Crippen molar-refractivity contribution in [3.63, 3.8) is 0 Å². The minimum Gasteiger partial charge on any atom is -0.0617 e. The third kappa shape index (κ3) is 3.00. The summed E-state index contributed by atoms with van der Waals surface area (Å²) in [5.74, 6) is 0. The van der Waals surface area contributed by atoms with Gasteiger partial charge in [-0.3, -0.25) is 0 Å².